The zero-order chi connectivity index (χ0) is 88.0. The fourth-order valence-corrected chi connectivity index (χ4v) is 22.5. The van der Waals surface area contributed by atoms with Gasteiger partial charge >= 0.3 is 0 Å². The fraction of sp³-hybridized carbons (Fsp3) is 0.389. The topological polar surface area (TPSA) is 346 Å². The Labute approximate surface area is 750 Å². The zero-order valence-corrected chi connectivity index (χ0v) is 74.0. The first kappa shape index (κ1) is 85.8. The quantitative estimate of drug-likeness (QED) is 0.0322. The SMILES string of the molecule is O=C(NS(=O)(=O)c1cc([N+](=O)[O-])c2cn(CC3CCOCC3)nc2c1)c1ccc(N2CCN(CC3=C(c4ccc(Cl)cc4)CC4(CCC4)CC3)CC2)cc1Oc1cnc2[nH]ccc2c1.O=C(NS(=O)(=O)c1cc([N+](=O)[O-])c2cnn(CC3CCCCC3)c2c1)c1ccc(N2CCN(CC3=C(c4ccc(Cl)cc4)CC4(CCC4)CC3)CC2)cc1Oc1cnc2[nH]ccc2c1. The number of anilines is 2. The number of hydrogen-bond acceptors (Lipinski definition) is 21. The predicted octanol–water partition coefficient (Wildman–Crippen LogP) is 18.6. The molecule has 128 heavy (non-hydrogen) atoms. The van der Waals surface area contributed by atoms with Gasteiger partial charge in [-0.05, 0) is 220 Å². The molecule has 5 aliphatic carbocycles. The molecule has 8 aliphatic rings. The van der Waals surface area contributed by atoms with Crippen LogP contribution in [-0.4, -0.2) is 166 Å². The van der Waals surface area contributed by atoms with Crippen LogP contribution in [0.15, 0.2) is 192 Å². The van der Waals surface area contributed by atoms with E-state index in [-0.39, 0.29) is 44.8 Å². The summed E-state index contributed by atoms with van der Waals surface area (Å²) in [7, 11) is -9.24. The Kier molecular flexibility index (Phi) is 24.2. The number of fused-ring (bicyclic) bond motifs is 4. The molecule has 3 aliphatic heterocycles. The number of nitrogens with zero attached hydrogens (tertiary/aromatic N) is 12. The van der Waals surface area contributed by atoms with Gasteiger partial charge in [0.05, 0.1) is 65.6 Å². The molecule has 29 nitrogen and oxygen atoms in total. The molecular weight excluding hydrogens is 1710 g/mol. The number of hydrogen-bond donors (Lipinski definition) is 4. The van der Waals surface area contributed by atoms with Crippen molar-refractivity contribution in [3.05, 3.63) is 234 Å². The number of H-pyrrole nitrogens is 2. The number of nitrogens with one attached hydrogen (secondary N) is 4. The summed E-state index contributed by atoms with van der Waals surface area (Å²) in [5.41, 5.74) is 12.0. The molecule has 3 saturated carbocycles. The van der Waals surface area contributed by atoms with Gasteiger partial charge in [0.1, 0.15) is 39.8 Å². The third-order valence-corrected chi connectivity index (χ3v) is 30.9. The highest BCUT2D eigenvalue weighted by molar-refractivity contribution is 7.90. The number of benzene rings is 6. The van der Waals surface area contributed by atoms with Crippen molar-refractivity contribution in [1.29, 1.82) is 0 Å². The number of aromatic amines is 2. The van der Waals surface area contributed by atoms with Crippen molar-refractivity contribution in [2.24, 2.45) is 22.7 Å². The Morgan fingerprint density at radius 3 is 1.48 bits per heavy atom. The number of rotatable bonds is 24. The van der Waals surface area contributed by atoms with E-state index in [1.54, 1.807) is 82.7 Å². The first-order chi connectivity index (χ1) is 62.0. The first-order valence-corrected chi connectivity index (χ1v) is 48.1. The maximum Gasteiger partial charge on any atom is 0.281 e. The summed E-state index contributed by atoms with van der Waals surface area (Å²) in [6, 6.07) is 38.7. The standard InChI is InChI=1S/C48H51ClN8O6S.C47H49ClN8O7S/c49-36-9-7-33(8-10-36)41-27-48(15-4-16-48)17-13-35(41)31-54-19-21-55(22-20-54)37-11-12-40(45(24-37)63-38-23-34-14-18-50-46(34)51-28-38)47(58)53-64(61,62)39-25-43-42(44(26-39)57(59)60)29-52-56(43)30-32-5-2-1-3-6-32;48-35-4-2-32(3-5-35)40-26-47(12-1-13-47)14-8-34(40)29-53-16-18-54(19-17-53)36-6-7-39(44(23-36)63-37-22-33-9-15-49-45(33)50-27-37)46(57)52-64(60,61)38-24-42-41(43(25-38)56(58)59)30-55(51-42)28-31-10-20-62-21-11-31/h7-12,14,18,23-26,28-29,32H,1-6,13,15-17,19-22,27,30-31H2,(H,50,51)(H,53,58);2-7,9,15,22-25,27,30-31H,1,8,10-14,16-21,26,28-29H2,(H,49,50)(H,52,57). The molecule has 0 radical (unpaired) electrons. The molecule has 0 atom stereocenters. The molecule has 6 aromatic carbocycles. The fourth-order valence-electron chi connectivity index (χ4n) is 20.2. The molecule has 6 aromatic heterocycles. The summed E-state index contributed by atoms with van der Waals surface area (Å²) in [5.74, 6) is -0.317. The van der Waals surface area contributed by atoms with E-state index in [0.717, 1.165) is 174 Å². The van der Waals surface area contributed by atoms with Crippen LogP contribution in [0.1, 0.15) is 154 Å². The van der Waals surface area contributed by atoms with Crippen LogP contribution < -0.4 is 28.7 Å². The second-order valence-electron chi connectivity index (χ2n) is 35.9. The van der Waals surface area contributed by atoms with Crippen LogP contribution in [0.2, 0.25) is 10.0 Å². The van der Waals surface area contributed by atoms with Gasteiger partial charge in [0.25, 0.3) is 43.2 Å². The molecule has 3 saturated heterocycles. The van der Waals surface area contributed by atoms with Crippen molar-refractivity contribution in [1.82, 2.24) is 58.7 Å². The molecular formula is C95H100Cl2N16O13S2. The monoisotopic (exact) mass is 1810 g/mol. The van der Waals surface area contributed by atoms with Crippen molar-refractivity contribution in [3.8, 4) is 23.0 Å². The molecule has 664 valence electrons. The number of ether oxygens (including phenoxy) is 3. The van der Waals surface area contributed by atoms with Crippen molar-refractivity contribution >= 4 is 133 Å². The van der Waals surface area contributed by atoms with E-state index in [1.807, 2.05) is 36.4 Å². The van der Waals surface area contributed by atoms with Crippen molar-refractivity contribution < 1.29 is 50.5 Å². The molecule has 2 spiro atoms. The number of sulfonamides is 2. The normalized spacial score (nSPS) is 18.4. The highest BCUT2D eigenvalue weighted by atomic mass is 35.5. The van der Waals surface area contributed by atoms with Crippen LogP contribution in [-0.2, 0) is 37.9 Å². The summed E-state index contributed by atoms with van der Waals surface area (Å²) in [6.07, 6.45) is 31.5. The second kappa shape index (κ2) is 36.2. The molecule has 33 heteroatoms. The minimum Gasteiger partial charge on any atom is -0.455 e. The Morgan fingerprint density at radius 2 is 1.01 bits per heavy atom. The van der Waals surface area contributed by atoms with Crippen LogP contribution >= 0.6 is 23.2 Å². The Hall–Kier alpha value is -11.6. The van der Waals surface area contributed by atoms with Gasteiger partial charge in [-0.2, -0.15) is 10.2 Å². The van der Waals surface area contributed by atoms with Crippen molar-refractivity contribution in [2.45, 2.75) is 145 Å². The average Bonchev–Trinajstić information content (AvgIpc) is 1.65. The molecule has 4 N–H and O–H groups in total. The van der Waals surface area contributed by atoms with Crippen LogP contribution in [0.25, 0.3) is 55.0 Å². The van der Waals surface area contributed by atoms with Crippen LogP contribution in [0.4, 0.5) is 22.7 Å². The molecule has 6 fully saturated rings. The number of pyridine rings is 2. The van der Waals surface area contributed by atoms with Crippen LogP contribution in [0.5, 0.6) is 23.0 Å². The highest BCUT2D eigenvalue weighted by Crippen LogP contribution is 2.57. The number of carbonyl (C=O) groups excluding carboxylic acids is 2. The molecule has 20 rings (SSSR count). The molecule has 0 bridgehead atoms. The van der Waals surface area contributed by atoms with Gasteiger partial charge in [-0.25, -0.2) is 36.2 Å². The third kappa shape index (κ3) is 18.6. The lowest BCUT2D eigenvalue weighted by Crippen LogP contribution is -2.47. The number of nitro benzene ring substituents is 2. The lowest BCUT2D eigenvalue weighted by atomic mass is 9.59. The number of carbonyl (C=O) groups is 2. The summed E-state index contributed by atoms with van der Waals surface area (Å²) < 4.78 is 81.7. The lowest BCUT2D eigenvalue weighted by molar-refractivity contribution is -0.383. The minimum atomic E-state index is -4.63. The third-order valence-electron chi connectivity index (χ3n) is 27.8. The predicted molar refractivity (Wildman–Crippen MR) is 492 cm³/mol. The van der Waals surface area contributed by atoms with Crippen molar-refractivity contribution in [3.63, 3.8) is 0 Å². The van der Waals surface area contributed by atoms with Crippen molar-refractivity contribution in [2.75, 3.05) is 88.5 Å². The van der Waals surface area contributed by atoms with E-state index in [9.17, 15) is 46.7 Å². The van der Waals surface area contributed by atoms with Crippen LogP contribution in [0, 0.1) is 42.9 Å². The average molecular weight is 1810 g/mol. The number of allylic oxidation sites excluding steroid dienone is 2. The number of halogens is 2. The molecule has 12 aromatic rings. The van der Waals surface area contributed by atoms with E-state index in [4.69, 9.17) is 37.4 Å². The smallest absolute Gasteiger partial charge is 0.281 e. The number of non-ortho nitro benzene ring substituents is 2. The second-order valence-corrected chi connectivity index (χ2v) is 40.1. The van der Waals surface area contributed by atoms with Gasteiger partial charge < -0.3 is 34.0 Å². The summed E-state index contributed by atoms with van der Waals surface area (Å²) in [5, 5.41) is 36.9. The maximum absolute atomic E-state index is 14.1. The highest BCUT2D eigenvalue weighted by Gasteiger charge is 2.43. The number of amides is 2. The minimum absolute atomic E-state index is 0.0266. The van der Waals surface area contributed by atoms with Gasteiger partial charge in [0.2, 0.25) is 0 Å². The summed E-state index contributed by atoms with van der Waals surface area (Å²) in [4.78, 5) is 75.1. The molecule has 0 unspecified atom stereocenters. The van der Waals surface area contributed by atoms with Gasteiger partial charge in [-0.1, -0.05) is 90.7 Å². The van der Waals surface area contributed by atoms with Gasteiger partial charge in [0, 0.05) is 167 Å². The Morgan fingerprint density at radius 1 is 0.531 bits per heavy atom. The Balaban J connectivity index is 0.000000167. The van der Waals surface area contributed by atoms with Gasteiger partial charge in [-0.3, -0.25) is 49.0 Å². The van der Waals surface area contributed by atoms with E-state index in [2.05, 4.69) is 83.4 Å². The Bertz CT molecular complexity index is 6550. The van der Waals surface area contributed by atoms with Gasteiger partial charge in [0.15, 0.2) is 0 Å². The van der Waals surface area contributed by atoms with E-state index in [0.29, 0.717) is 71.4 Å². The maximum atomic E-state index is 14.1. The molecule has 2 amide bonds. The summed E-state index contributed by atoms with van der Waals surface area (Å²) in [6.45, 7) is 10.4. The van der Waals surface area contributed by atoms with E-state index in [1.165, 1.54) is 116 Å². The zero-order valence-electron chi connectivity index (χ0n) is 70.9. The number of aromatic nitrogens is 8. The van der Waals surface area contributed by atoms with Gasteiger partial charge in [-0.15, -0.1) is 0 Å². The molecule has 9 heterocycles. The summed E-state index contributed by atoms with van der Waals surface area (Å²) >= 11 is 12.6. The number of piperazine rings is 2. The van der Waals surface area contributed by atoms with Crippen LogP contribution in [0.3, 0.4) is 0 Å². The number of nitro groups is 2. The van der Waals surface area contributed by atoms with E-state index >= 15 is 0 Å². The first-order valence-electron chi connectivity index (χ1n) is 44.4. The lowest BCUT2D eigenvalue weighted by Gasteiger charge is -2.47. The van der Waals surface area contributed by atoms with E-state index < -0.39 is 62.9 Å². The largest absolute Gasteiger partial charge is 0.455 e.